The molecule has 0 atom stereocenters. The lowest BCUT2D eigenvalue weighted by molar-refractivity contribution is -0.112. The number of carbonyl (C=O) groups excluding carboxylic acids is 1. The van der Waals surface area contributed by atoms with E-state index in [1.165, 1.54) is 18.2 Å². The van der Waals surface area contributed by atoms with Gasteiger partial charge in [-0.1, -0.05) is 18.7 Å². The zero-order valence-corrected chi connectivity index (χ0v) is 12.9. The van der Waals surface area contributed by atoms with E-state index in [9.17, 15) is 14.7 Å². The van der Waals surface area contributed by atoms with Gasteiger partial charge in [0.05, 0.1) is 11.4 Å². The van der Waals surface area contributed by atoms with Crippen molar-refractivity contribution in [2.45, 2.75) is 6.92 Å². The van der Waals surface area contributed by atoms with Gasteiger partial charge in [0.1, 0.15) is 17.0 Å². The van der Waals surface area contributed by atoms with Crippen LogP contribution in [0.1, 0.15) is 17.3 Å². The number of rotatable bonds is 5. The van der Waals surface area contributed by atoms with Crippen molar-refractivity contribution < 1.29 is 19.8 Å². The summed E-state index contributed by atoms with van der Waals surface area (Å²) in [6.45, 7) is 5.15. The summed E-state index contributed by atoms with van der Waals surface area (Å²) in [5, 5.41) is 29.2. The predicted molar refractivity (Wildman–Crippen MR) is 89.1 cm³/mol. The van der Waals surface area contributed by atoms with E-state index in [1.807, 2.05) is 0 Å². The molecule has 0 aromatic heterocycles. The highest BCUT2D eigenvalue weighted by Crippen LogP contribution is 2.29. The van der Waals surface area contributed by atoms with Crippen molar-refractivity contribution in [1.82, 2.24) is 0 Å². The van der Waals surface area contributed by atoms with Crippen LogP contribution in [0, 0.1) is 0 Å². The summed E-state index contributed by atoms with van der Waals surface area (Å²) in [6.07, 6.45) is 0. The van der Waals surface area contributed by atoms with Crippen molar-refractivity contribution in [3.05, 3.63) is 60.2 Å². The number of hydrogen-bond donors (Lipinski definition) is 3. The minimum absolute atomic E-state index is 0.219. The van der Waals surface area contributed by atoms with Crippen molar-refractivity contribution in [2.75, 3.05) is 5.32 Å². The Hall–Kier alpha value is -3.48. The molecule has 0 aliphatic heterocycles. The summed E-state index contributed by atoms with van der Waals surface area (Å²) in [6, 6.07) is 10.6. The summed E-state index contributed by atoms with van der Waals surface area (Å²) < 4.78 is 0. The van der Waals surface area contributed by atoms with E-state index in [4.69, 9.17) is 5.11 Å². The average Bonchev–Trinajstić information content (AvgIpc) is 2.53. The monoisotopic (exact) mass is 325 g/mol. The molecular weight excluding hydrogens is 310 g/mol. The molecule has 0 heterocycles. The largest absolute Gasteiger partial charge is 0.507 e. The Labute approximate surface area is 138 Å². The molecule has 0 aliphatic carbocycles. The van der Waals surface area contributed by atoms with Gasteiger partial charge in [0.15, 0.2) is 0 Å². The number of aromatic hydroxyl groups is 1. The standard InChI is InChI=1S/C17H15N3O4/c1-10(2)16(22)18-13-5-3-4-6-14(13)20-19-11-7-8-12(17(23)24)15(21)9-11/h3-9,21H,1H2,2H3,(H,18,22)(H,23,24). The van der Waals surface area contributed by atoms with Crippen molar-refractivity contribution in [1.29, 1.82) is 0 Å². The SMILES string of the molecule is C=C(C)C(=O)Nc1ccccc1N=Nc1ccc(C(=O)O)c(O)c1. The number of carboxylic acid groups (broad SMARTS) is 1. The average molecular weight is 325 g/mol. The Kier molecular flexibility index (Phi) is 5.06. The van der Waals surface area contributed by atoms with Crippen LogP contribution in [-0.2, 0) is 4.79 Å². The molecule has 0 saturated heterocycles. The van der Waals surface area contributed by atoms with Gasteiger partial charge in [-0.2, -0.15) is 5.11 Å². The Morgan fingerprint density at radius 3 is 2.46 bits per heavy atom. The van der Waals surface area contributed by atoms with Crippen LogP contribution in [0.15, 0.2) is 64.8 Å². The van der Waals surface area contributed by atoms with Gasteiger partial charge in [0.25, 0.3) is 5.91 Å². The molecule has 0 saturated carbocycles. The van der Waals surface area contributed by atoms with Gasteiger partial charge in [0.2, 0.25) is 0 Å². The van der Waals surface area contributed by atoms with Crippen LogP contribution in [0.3, 0.4) is 0 Å². The third-order valence-corrected chi connectivity index (χ3v) is 3.02. The normalized spacial score (nSPS) is 10.5. The quantitative estimate of drug-likeness (QED) is 0.569. The maximum Gasteiger partial charge on any atom is 0.339 e. The van der Waals surface area contributed by atoms with Crippen molar-refractivity contribution in [3.8, 4) is 5.75 Å². The number of carbonyl (C=O) groups is 2. The fraction of sp³-hybridized carbons (Fsp3) is 0.0588. The molecule has 0 unspecified atom stereocenters. The maximum absolute atomic E-state index is 11.7. The van der Waals surface area contributed by atoms with Crippen LogP contribution in [0.25, 0.3) is 0 Å². The first-order valence-electron chi connectivity index (χ1n) is 6.92. The van der Waals surface area contributed by atoms with Gasteiger partial charge in [-0.25, -0.2) is 4.79 Å². The third kappa shape index (κ3) is 4.04. The molecule has 24 heavy (non-hydrogen) atoms. The first kappa shape index (κ1) is 16.9. The number of nitrogens with one attached hydrogen (secondary N) is 1. The number of carboxylic acids is 1. The van der Waals surface area contributed by atoms with E-state index in [-0.39, 0.29) is 17.2 Å². The van der Waals surface area contributed by atoms with Crippen molar-refractivity contribution in [2.24, 2.45) is 10.2 Å². The zero-order valence-electron chi connectivity index (χ0n) is 12.9. The van der Waals surface area contributed by atoms with Crippen molar-refractivity contribution in [3.63, 3.8) is 0 Å². The van der Waals surface area contributed by atoms with Gasteiger partial charge in [0, 0.05) is 11.6 Å². The second-order valence-corrected chi connectivity index (χ2v) is 4.96. The summed E-state index contributed by atoms with van der Waals surface area (Å²) in [5.41, 5.74) is 1.28. The lowest BCUT2D eigenvalue weighted by Crippen LogP contribution is -2.11. The highest BCUT2D eigenvalue weighted by molar-refractivity contribution is 6.04. The molecule has 2 rings (SSSR count). The smallest absolute Gasteiger partial charge is 0.339 e. The van der Waals surface area contributed by atoms with Crippen molar-refractivity contribution >= 4 is 28.9 Å². The second kappa shape index (κ2) is 7.19. The number of anilines is 1. The summed E-state index contributed by atoms with van der Waals surface area (Å²) in [4.78, 5) is 22.6. The number of aromatic carboxylic acids is 1. The van der Waals surface area contributed by atoms with Gasteiger partial charge < -0.3 is 15.5 Å². The van der Waals surface area contributed by atoms with Gasteiger partial charge >= 0.3 is 5.97 Å². The lowest BCUT2D eigenvalue weighted by Gasteiger charge is -2.07. The fourth-order valence-electron chi connectivity index (χ4n) is 1.77. The summed E-state index contributed by atoms with van der Waals surface area (Å²) >= 11 is 0. The van der Waals surface area contributed by atoms with Gasteiger partial charge in [-0.3, -0.25) is 4.79 Å². The first-order chi connectivity index (χ1) is 11.4. The Balaban J connectivity index is 2.26. The van der Waals surface area contributed by atoms with Crippen LogP contribution in [0.2, 0.25) is 0 Å². The molecular formula is C17H15N3O4. The number of phenols is 1. The molecule has 0 aliphatic rings. The van der Waals surface area contributed by atoms with Crippen LogP contribution >= 0.6 is 0 Å². The Morgan fingerprint density at radius 2 is 1.83 bits per heavy atom. The van der Waals surface area contributed by atoms with Crippen LogP contribution in [0.5, 0.6) is 5.75 Å². The van der Waals surface area contributed by atoms with Gasteiger partial charge in [-0.05, 0) is 31.2 Å². The number of para-hydroxylation sites is 1. The molecule has 2 aromatic carbocycles. The van der Waals surface area contributed by atoms with E-state index >= 15 is 0 Å². The summed E-state index contributed by atoms with van der Waals surface area (Å²) in [5.74, 6) is -1.97. The molecule has 1 amide bonds. The molecule has 7 heteroatoms. The molecule has 122 valence electrons. The molecule has 2 aromatic rings. The Morgan fingerprint density at radius 1 is 1.12 bits per heavy atom. The molecule has 0 radical (unpaired) electrons. The van der Waals surface area contributed by atoms with E-state index < -0.39 is 11.7 Å². The van der Waals surface area contributed by atoms with Crippen LogP contribution in [-0.4, -0.2) is 22.1 Å². The molecule has 0 fully saturated rings. The topological polar surface area (TPSA) is 111 Å². The molecule has 3 N–H and O–H groups in total. The highest BCUT2D eigenvalue weighted by atomic mass is 16.4. The Bertz CT molecular complexity index is 843. The fourth-order valence-corrected chi connectivity index (χ4v) is 1.77. The molecule has 7 nitrogen and oxygen atoms in total. The van der Waals surface area contributed by atoms with E-state index in [0.717, 1.165) is 0 Å². The lowest BCUT2D eigenvalue weighted by atomic mass is 10.2. The second-order valence-electron chi connectivity index (χ2n) is 4.96. The molecule has 0 spiro atoms. The highest BCUT2D eigenvalue weighted by Gasteiger charge is 2.10. The first-order valence-corrected chi connectivity index (χ1v) is 6.92. The number of amides is 1. The van der Waals surface area contributed by atoms with E-state index in [2.05, 4.69) is 22.1 Å². The van der Waals surface area contributed by atoms with E-state index in [1.54, 1.807) is 31.2 Å². The van der Waals surface area contributed by atoms with Crippen LogP contribution in [0.4, 0.5) is 17.1 Å². The predicted octanol–water partition coefficient (Wildman–Crippen LogP) is 4.02. The number of hydrogen-bond acceptors (Lipinski definition) is 5. The summed E-state index contributed by atoms with van der Waals surface area (Å²) in [7, 11) is 0. The minimum Gasteiger partial charge on any atom is -0.507 e. The number of azo groups is 1. The zero-order chi connectivity index (χ0) is 17.7. The minimum atomic E-state index is -1.23. The van der Waals surface area contributed by atoms with Crippen LogP contribution < -0.4 is 5.32 Å². The van der Waals surface area contributed by atoms with Gasteiger partial charge in [-0.15, -0.1) is 5.11 Å². The maximum atomic E-state index is 11.7. The molecule has 0 bridgehead atoms. The third-order valence-electron chi connectivity index (χ3n) is 3.02. The number of benzene rings is 2. The number of nitrogens with zero attached hydrogens (tertiary/aromatic N) is 2. The van der Waals surface area contributed by atoms with E-state index in [0.29, 0.717) is 16.9 Å².